The van der Waals surface area contributed by atoms with Gasteiger partial charge in [-0.2, -0.15) is 13.2 Å². The molecule has 2 aromatic rings. The third-order valence-electron chi connectivity index (χ3n) is 7.75. The first-order valence-corrected chi connectivity index (χ1v) is 16.8. The minimum atomic E-state index is -5.08. The van der Waals surface area contributed by atoms with Crippen molar-refractivity contribution < 1.29 is 42.1 Å². The van der Waals surface area contributed by atoms with E-state index >= 15 is 0 Å². The molecule has 0 unspecified atom stereocenters. The lowest BCUT2D eigenvalue weighted by molar-refractivity contribution is -0.192. The minimum absolute atomic E-state index is 0.0531. The summed E-state index contributed by atoms with van der Waals surface area (Å²) < 4.78 is 43.1. The van der Waals surface area contributed by atoms with Gasteiger partial charge in [0.1, 0.15) is 5.75 Å². The highest BCUT2D eigenvalue weighted by Gasteiger charge is 2.38. The van der Waals surface area contributed by atoms with E-state index in [-0.39, 0.29) is 29.6 Å². The summed E-state index contributed by atoms with van der Waals surface area (Å²) in [6.45, 7) is 14.0. The predicted molar refractivity (Wildman–Crippen MR) is 186 cm³/mol. The number of benzene rings is 2. The average Bonchev–Trinajstić information content (AvgIpc) is 3.06. The number of aliphatic carboxylic acids is 1. The zero-order chi connectivity index (χ0) is 37.3. The normalized spacial score (nSPS) is 13.6. The Morgan fingerprint density at radius 2 is 1.56 bits per heavy atom. The van der Waals surface area contributed by atoms with E-state index in [0.717, 1.165) is 74.4 Å². The molecule has 0 bridgehead atoms. The van der Waals surface area contributed by atoms with Gasteiger partial charge < -0.3 is 24.8 Å². The van der Waals surface area contributed by atoms with E-state index in [9.17, 15) is 22.8 Å². The van der Waals surface area contributed by atoms with Crippen LogP contribution in [-0.4, -0.2) is 97.9 Å². The lowest BCUT2D eigenvalue weighted by Crippen LogP contribution is -2.51. The first kappa shape index (κ1) is 42.0. The molecule has 0 aliphatic carbocycles. The number of nitrogens with one attached hydrogen (secondary N) is 3. The summed E-state index contributed by atoms with van der Waals surface area (Å²) in [5.41, 5.74) is 3.98. The summed E-state index contributed by atoms with van der Waals surface area (Å²) >= 11 is 0. The number of aryl methyl sites for hydroxylation is 1. The Hall–Kier alpha value is -4.17. The fourth-order valence-electron chi connectivity index (χ4n) is 4.99. The van der Waals surface area contributed by atoms with Crippen LogP contribution in [0.3, 0.4) is 0 Å². The van der Waals surface area contributed by atoms with Crippen molar-refractivity contribution >= 4 is 23.7 Å². The summed E-state index contributed by atoms with van der Waals surface area (Å²) in [5.74, 6) is -1.87. The van der Waals surface area contributed by atoms with Crippen LogP contribution in [0.1, 0.15) is 64.5 Å². The number of piperazine rings is 1. The third kappa shape index (κ3) is 15.2. The molecule has 0 saturated carbocycles. The predicted octanol–water partition coefficient (Wildman–Crippen LogP) is 5.47. The molecule has 0 atom stereocenters. The number of carbonyl (C=O) groups excluding carboxylic acids is 2. The fourth-order valence-corrected chi connectivity index (χ4v) is 4.99. The van der Waals surface area contributed by atoms with Crippen molar-refractivity contribution in [1.82, 2.24) is 20.4 Å². The molecule has 4 N–H and O–H groups in total. The molecule has 278 valence electrons. The van der Waals surface area contributed by atoms with Gasteiger partial charge in [0.2, 0.25) is 11.8 Å². The number of hydrogen-bond donors (Lipinski definition) is 4. The van der Waals surface area contributed by atoms with Crippen LogP contribution in [0.15, 0.2) is 42.5 Å². The fraction of sp³-hybridized carbons (Fsp3) is 0.556. The van der Waals surface area contributed by atoms with Crippen LogP contribution in [0.4, 0.5) is 13.2 Å². The lowest BCUT2D eigenvalue weighted by Gasteiger charge is -2.37. The number of methoxy groups -OCH3 is 1. The van der Waals surface area contributed by atoms with Crippen molar-refractivity contribution in [1.29, 1.82) is 5.41 Å². The Kier molecular flexibility index (Phi) is 17.2. The second-order valence-corrected chi connectivity index (χ2v) is 13.0. The number of alkyl halides is 3. The number of rotatable bonds is 14. The standard InChI is InChI=1S/C34H51N5O4.C2HF3O2/c1-6-7-17-36-33(35)37-31(40)16-12-26-11-15-29(30(24-26)43-23-8-22-42-5)28-13-9-27(10-14-28)25-38-18-20-39(21-19-38)32(41)34(2,3)4;3-2(4,5)1(6)7/h9-11,13-15,24H,6-8,12,16-23,25H2,1-5H3,(H3,35,36,37,40);(H,6,7). The van der Waals surface area contributed by atoms with Crippen LogP contribution in [0, 0.1) is 10.8 Å². The molecule has 1 heterocycles. The Morgan fingerprint density at radius 1 is 0.940 bits per heavy atom. The number of guanidine groups is 1. The van der Waals surface area contributed by atoms with Crippen LogP contribution in [0.2, 0.25) is 0 Å². The first-order valence-electron chi connectivity index (χ1n) is 16.8. The van der Waals surface area contributed by atoms with Gasteiger partial charge in [0.25, 0.3) is 0 Å². The Bertz CT molecular complexity index is 1390. The second kappa shape index (κ2) is 20.5. The van der Waals surface area contributed by atoms with Crippen molar-refractivity contribution in [2.75, 3.05) is 53.0 Å². The molecule has 1 saturated heterocycles. The molecule has 11 nitrogen and oxygen atoms in total. The van der Waals surface area contributed by atoms with Crippen LogP contribution < -0.4 is 15.4 Å². The molecule has 3 rings (SSSR count). The lowest BCUT2D eigenvalue weighted by atomic mass is 9.94. The molecular weight excluding hydrogens is 655 g/mol. The van der Waals surface area contributed by atoms with Crippen molar-refractivity contribution in [2.24, 2.45) is 5.41 Å². The van der Waals surface area contributed by atoms with E-state index < -0.39 is 12.1 Å². The number of carbonyl (C=O) groups is 3. The first-order chi connectivity index (χ1) is 23.5. The number of nitrogens with zero attached hydrogens (tertiary/aromatic N) is 2. The third-order valence-corrected chi connectivity index (χ3v) is 7.75. The van der Waals surface area contributed by atoms with Crippen molar-refractivity contribution in [2.45, 2.75) is 72.5 Å². The molecule has 50 heavy (non-hydrogen) atoms. The molecular formula is C36H52F3N5O6. The van der Waals surface area contributed by atoms with Crippen LogP contribution >= 0.6 is 0 Å². The maximum absolute atomic E-state index is 12.6. The summed E-state index contributed by atoms with van der Waals surface area (Å²) in [6, 6.07) is 14.7. The number of amides is 2. The van der Waals surface area contributed by atoms with Crippen LogP contribution in [0.5, 0.6) is 5.75 Å². The highest BCUT2D eigenvalue weighted by Crippen LogP contribution is 2.32. The molecule has 2 aromatic carbocycles. The minimum Gasteiger partial charge on any atom is -0.493 e. The monoisotopic (exact) mass is 707 g/mol. The van der Waals surface area contributed by atoms with Gasteiger partial charge >= 0.3 is 12.1 Å². The van der Waals surface area contributed by atoms with Gasteiger partial charge in [-0.3, -0.25) is 25.2 Å². The topological polar surface area (TPSA) is 144 Å². The van der Waals surface area contributed by atoms with Gasteiger partial charge in [0.15, 0.2) is 5.96 Å². The van der Waals surface area contributed by atoms with E-state index in [1.807, 2.05) is 37.8 Å². The quantitative estimate of drug-likeness (QED) is 0.115. The number of halogens is 3. The summed E-state index contributed by atoms with van der Waals surface area (Å²) in [6.07, 6.45) is -1.48. The molecule has 2 amide bonds. The van der Waals surface area contributed by atoms with Gasteiger partial charge in [-0.15, -0.1) is 0 Å². The van der Waals surface area contributed by atoms with Crippen molar-refractivity contribution in [3.05, 3.63) is 53.6 Å². The van der Waals surface area contributed by atoms with E-state index in [4.69, 9.17) is 24.8 Å². The number of carboxylic acid groups (broad SMARTS) is 1. The van der Waals surface area contributed by atoms with E-state index in [2.05, 4.69) is 52.8 Å². The number of unbranched alkanes of at least 4 members (excludes halogenated alkanes) is 1. The van der Waals surface area contributed by atoms with Gasteiger partial charge in [-0.1, -0.05) is 70.5 Å². The van der Waals surface area contributed by atoms with Gasteiger partial charge in [-0.25, -0.2) is 4.79 Å². The summed E-state index contributed by atoms with van der Waals surface area (Å²) in [7, 11) is 1.68. The summed E-state index contributed by atoms with van der Waals surface area (Å²) in [4.78, 5) is 38.3. The second-order valence-electron chi connectivity index (χ2n) is 13.0. The molecule has 0 aromatic heterocycles. The molecule has 0 spiro atoms. The van der Waals surface area contributed by atoms with Crippen LogP contribution in [0.25, 0.3) is 11.1 Å². The molecule has 1 fully saturated rings. The van der Waals surface area contributed by atoms with E-state index in [0.29, 0.717) is 26.2 Å². The van der Waals surface area contributed by atoms with Gasteiger partial charge in [0, 0.05) is 76.8 Å². The maximum atomic E-state index is 12.6. The Morgan fingerprint density at radius 3 is 2.12 bits per heavy atom. The molecule has 1 aliphatic heterocycles. The zero-order valence-corrected chi connectivity index (χ0v) is 29.8. The van der Waals surface area contributed by atoms with Crippen LogP contribution in [-0.2, 0) is 32.1 Å². The van der Waals surface area contributed by atoms with Gasteiger partial charge in [-0.05, 0) is 35.6 Å². The molecule has 14 heteroatoms. The smallest absolute Gasteiger partial charge is 0.490 e. The summed E-state index contributed by atoms with van der Waals surface area (Å²) in [5, 5.41) is 20.6. The van der Waals surface area contributed by atoms with Crippen molar-refractivity contribution in [3.63, 3.8) is 0 Å². The Balaban J connectivity index is 0.00000112. The van der Waals surface area contributed by atoms with E-state index in [1.54, 1.807) is 7.11 Å². The highest BCUT2D eigenvalue weighted by atomic mass is 19.4. The van der Waals surface area contributed by atoms with E-state index in [1.165, 1.54) is 5.56 Å². The SMILES string of the molecule is CCCCNC(=N)NC(=O)CCc1ccc(-c2ccc(CN3CCN(C(=O)C(C)(C)C)CC3)cc2)c(OCCCOC)c1.O=C(O)C(F)(F)F. The molecule has 1 aliphatic rings. The number of carboxylic acids is 1. The Labute approximate surface area is 293 Å². The zero-order valence-electron chi connectivity index (χ0n) is 29.8. The number of ether oxygens (including phenoxy) is 2. The maximum Gasteiger partial charge on any atom is 0.490 e. The highest BCUT2D eigenvalue weighted by molar-refractivity contribution is 5.95. The van der Waals surface area contributed by atoms with Crippen molar-refractivity contribution in [3.8, 4) is 16.9 Å². The van der Waals surface area contributed by atoms with Gasteiger partial charge in [0.05, 0.1) is 6.61 Å². The largest absolute Gasteiger partial charge is 0.493 e. The molecule has 0 radical (unpaired) electrons. The number of hydrogen-bond acceptors (Lipinski definition) is 7. The average molecular weight is 708 g/mol.